The molecule has 32 heavy (non-hydrogen) atoms. The SMILES string of the molecule is NCCCNC(=O)c1cccc(Nc2cc([C@H]3CC[C@@H](OC(=S)n4ccnc4)C3)[nH]n2)n1. The van der Waals surface area contributed by atoms with E-state index in [4.69, 9.17) is 22.7 Å². The van der Waals surface area contributed by atoms with Crippen LogP contribution in [0.4, 0.5) is 11.6 Å². The lowest BCUT2D eigenvalue weighted by Crippen LogP contribution is -2.26. The summed E-state index contributed by atoms with van der Waals surface area (Å²) in [6.07, 6.45) is 8.62. The highest BCUT2D eigenvalue weighted by atomic mass is 32.1. The number of aromatic amines is 1. The maximum atomic E-state index is 12.2. The van der Waals surface area contributed by atoms with Crippen LogP contribution in [0.3, 0.4) is 0 Å². The molecule has 1 fully saturated rings. The van der Waals surface area contributed by atoms with Crippen molar-refractivity contribution >= 4 is 34.9 Å². The molecule has 0 spiro atoms. The molecule has 0 bridgehead atoms. The fourth-order valence-corrected chi connectivity index (χ4v) is 3.91. The van der Waals surface area contributed by atoms with Crippen LogP contribution in [0.1, 0.15) is 47.8 Å². The number of pyridine rings is 1. The van der Waals surface area contributed by atoms with Crippen molar-refractivity contribution in [2.75, 3.05) is 18.4 Å². The van der Waals surface area contributed by atoms with Crippen molar-refractivity contribution in [2.24, 2.45) is 5.73 Å². The fourth-order valence-electron chi connectivity index (χ4n) is 3.67. The average molecular weight is 455 g/mol. The second kappa shape index (κ2) is 10.3. The number of imidazole rings is 1. The predicted molar refractivity (Wildman–Crippen MR) is 124 cm³/mol. The lowest BCUT2D eigenvalue weighted by atomic mass is 10.0. The molecule has 3 aromatic rings. The number of nitrogens with zero attached hydrogens (tertiary/aromatic N) is 4. The Morgan fingerprint density at radius 3 is 3.06 bits per heavy atom. The summed E-state index contributed by atoms with van der Waals surface area (Å²) >= 11 is 5.33. The Balaban J connectivity index is 1.32. The van der Waals surface area contributed by atoms with Crippen LogP contribution < -0.4 is 16.4 Å². The smallest absolute Gasteiger partial charge is 0.269 e. The molecule has 0 aromatic carbocycles. The molecule has 0 radical (unpaired) electrons. The van der Waals surface area contributed by atoms with Crippen molar-refractivity contribution in [3.05, 3.63) is 54.4 Å². The molecule has 0 aliphatic heterocycles. The van der Waals surface area contributed by atoms with Crippen LogP contribution in [0.15, 0.2) is 43.0 Å². The molecule has 5 N–H and O–H groups in total. The van der Waals surface area contributed by atoms with E-state index in [1.165, 1.54) is 0 Å². The van der Waals surface area contributed by atoms with Gasteiger partial charge in [-0.15, -0.1) is 0 Å². The van der Waals surface area contributed by atoms with Gasteiger partial charge in [0.15, 0.2) is 5.82 Å². The number of aromatic nitrogens is 5. The second-order valence-corrected chi connectivity index (χ2v) is 7.97. The van der Waals surface area contributed by atoms with E-state index in [9.17, 15) is 4.79 Å². The van der Waals surface area contributed by atoms with Gasteiger partial charge < -0.3 is 21.1 Å². The molecular weight excluding hydrogens is 428 g/mol. The zero-order valence-corrected chi connectivity index (χ0v) is 18.3. The van der Waals surface area contributed by atoms with Crippen LogP contribution >= 0.6 is 12.2 Å². The van der Waals surface area contributed by atoms with E-state index in [1.807, 2.05) is 6.07 Å². The first kappa shape index (κ1) is 21.9. The van der Waals surface area contributed by atoms with E-state index in [0.717, 1.165) is 31.4 Å². The van der Waals surface area contributed by atoms with Gasteiger partial charge in [0, 0.05) is 36.6 Å². The lowest BCUT2D eigenvalue weighted by molar-refractivity contribution is 0.0948. The Morgan fingerprint density at radius 1 is 1.34 bits per heavy atom. The van der Waals surface area contributed by atoms with Gasteiger partial charge in [-0.25, -0.2) is 9.97 Å². The van der Waals surface area contributed by atoms with Gasteiger partial charge in [-0.3, -0.25) is 14.5 Å². The Labute approximate surface area is 191 Å². The molecule has 3 aromatic heterocycles. The molecule has 168 valence electrons. The van der Waals surface area contributed by atoms with Gasteiger partial charge in [-0.2, -0.15) is 5.10 Å². The molecule has 10 nitrogen and oxygen atoms in total. The van der Waals surface area contributed by atoms with Gasteiger partial charge in [0.25, 0.3) is 11.1 Å². The van der Waals surface area contributed by atoms with Gasteiger partial charge in [0.05, 0.1) is 0 Å². The third-order valence-corrected chi connectivity index (χ3v) is 5.62. The average Bonchev–Trinajstić information content (AvgIpc) is 3.56. The first-order valence-corrected chi connectivity index (χ1v) is 11.0. The van der Waals surface area contributed by atoms with Crippen LogP contribution in [-0.2, 0) is 4.74 Å². The standard InChI is InChI=1S/C21H26N8O2S/c22-7-2-8-24-20(30)16-3-1-4-18(25-16)26-19-12-17(27-28-19)14-5-6-15(11-14)31-21(32)29-10-9-23-13-29/h1,3-4,9-10,12-15H,2,5-8,11,22H2,(H,24,30)(H2,25,26,27,28)/t14-,15+/m0/s1. The van der Waals surface area contributed by atoms with E-state index in [0.29, 0.717) is 41.5 Å². The number of amides is 1. The van der Waals surface area contributed by atoms with Crippen molar-refractivity contribution in [3.63, 3.8) is 0 Å². The Bertz CT molecular complexity index is 1050. The Hall–Kier alpha value is -3.31. The van der Waals surface area contributed by atoms with E-state index in [2.05, 4.69) is 30.8 Å². The van der Waals surface area contributed by atoms with E-state index < -0.39 is 0 Å². The van der Waals surface area contributed by atoms with Gasteiger partial charge in [-0.1, -0.05) is 6.07 Å². The number of thiocarbonyl (C=S) groups is 1. The summed E-state index contributed by atoms with van der Waals surface area (Å²) in [6.45, 7) is 1.05. The highest BCUT2D eigenvalue weighted by Gasteiger charge is 2.29. The van der Waals surface area contributed by atoms with E-state index in [1.54, 1.807) is 41.5 Å². The normalized spacial score (nSPS) is 17.8. The largest absolute Gasteiger partial charge is 0.467 e. The predicted octanol–water partition coefficient (Wildman–Crippen LogP) is 2.31. The van der Waals surface area contributed by atoms with E-state index in [-0.39, 0.29) is 12.0 Å². The van der Waals surface area contributed by atoms with Crippen molar-refractivity contribution in [1.82, 2.24) is 30.0 Å². The molecule has 4 rings (SSSR count). The number of H-pyrrole nitrogens is 1. The van der Waals surface area contributed by atoms with E-state index >= 15 is 0 Å². The molecule has 1 amide bonds. The fraction of sp³-hybridized carbons (Fsp3) is 0.381. The summed E-state index contributed by atoms with van der Waals surface area (Å²) in [5.41, 5.74) is 6.83. The number of carbonyl (C=O) groups excluding carboxylic acids is 1. The summed E-state index contributed by atoms with van der Waals surface area (Å²) in [7, 11) is 0. The number of ether oxygens (including phenoxy) is 1. The quantitative estimate of drug-likeness (QED) is 0.301. The number of carbonyl (C=O) groups is 1. The topological polar surface area (TPSA) is 136 Å². The number of hydrogen-bond acceptors (Lipinski definition) is 8. The highest BCUT2D eigenvalue weighted by Crippen LogP contribution is 2.36. The lowest BCUT2D eigenvalue weighted by Gasteiger charge is -2.14. The van der Waals surface area contributed by atoms with Crippen LogP contribution in [0, 0.1) is 0 Å². The van der Waals surface area contributed by atoms with Gasteiger partial charge in [0.1, 0.15) is 23.9 Å². The number of rotatable bonds is 8. The minimum atomic E-state index is -0.226. The third-order valence-electron chi connectivity index (χ3n) is 5.31. The molecule has 1 saturated carbocycles. The first-order valence-electron chi connectivity index (χ1n) is 10.6. The zero-order chi connectivity index (χ0) is 22.3. The molecule has 1 aliphatic rings. The van der Waals surface area contributed by atoms with Crippen molar-refractivity contribution < 1.29 is 9.53 Å². The summed E-state index contributed by atoms with van der Waals surface area (Å²) in [6, 6.07) is 7.22. The second-order valence-electron chi connectivity index (χ2n) is 7.63. The Kier molecular flexibility index (Phi) is 7.07. The third kappa shape index (κ3) is 5.48. The minimum absolute atomic E-state index is 0.0609. The molecule has 11 heteroatoms. The minimum Gasteiger partial charge on any atom is -0.467 e. The molecule has 0 unspecified atom stereocenters. The molecule has 1 aliphatic carbocycles. The van der Waals surface area contributed by atoms with Crippen molar-refractivity contribution in [1.29, 1.82) is 0 Å². The maximum Gasteiger partial charge on any atom is 0.269 e. The van der Waals surface area contributed by atoms with Crippen molar-refractivity contribution in [3.8, 4) is 0 Å². The summed E-state index contributed by atoms with van der Waals surface area (Å²) < 4.78 is 7.63. The number of anilines is 2. The number of nitrogens with one attached hydrogen (secondary N) is 3. The summed E-state index contributed by atoms with van der Waals surface area (Å²) in [5, 5.41) is 13.8. The molecule has 3 heterocycles. The zero-order valence-electron chi connectivity index (χ0n) is 17.5. The van der Waals surface area contributed by atoms with Gasteiger partial charge >= 0.3 is 0 Å². The number of nitrogens with two attached hydrogens (primary N) is 1. The molecular formula is C21H26N8O2S. The van der Waals surface area contributed by atoms with Crippen molar-refractivity contribution in [2.45, 2.75) is 37.7 Å². The molecule has 2 atom stereocenters. The van der Waals surface area contributed by atoms with Crippen LogP contribution in [0.2, 0.25) is 0 Å². The van der Waals surface area contributed by atoms with Gasteiger partial charge in [0.2, 0.25) is 0 Å². The first-order chi connectivity index (χ1) is 15.6. The van der Waals surface area contributed by atoms with Crippen LogP contribution in [0.5, 0.6) is 0 Å². The van der Waals surface area contributed by atoms with Crippen LogP contribution in [0.25, 0.3) is 0 Å². The van der Waals surface area contributed by atoms with Gasteiger partial charge in [-0.05, 0) is 56.6 Å². The summed E-state index contributed by atoms with van der Waals surface area (Å²) in [4.78, 5) is 20.6. The number of hydrogen-bond donors (Lipinski definition) is 4. The summed E-state index contributed by atoms with van der Waals surface area (Å²) in [5.74, 6) is 1.27. The molecule has 0 saturated heterocycles. The maximum absolute atomic E-state index is 12.2. The Morgan fingerprint density at radius 2 is 2.25 bits per heavy atom. The highest BCUT2D eigenvalue weighted by molar-refractivity contribution is 7.80. The monoisotopic (exact) mass is 454 g/mol. The van der Waals surface area contributed by atoms with Crippen LogP contribution in [-0.4, -0.2) is 55.0 Å².